The van der Waals surface area contributed by atoms with Gasteiger partial charge in [0.2, 0.25) is 15.9 Å². The van der Waals surface area contributed by atoms with Gasteiger partial charge in [-0.05, 0) is 62.6 Å². The summed E-state index contributed by atoms with van der Waals surface area (Å²) in [5.74, 6) is 1.07. The largest absolute Gasteiger partial charge is 0.494 e. The van der Waals surface area contributed by atoms with Crippen LogP contribution in [0.5, 0.6) is 11.5 Å². The molecule has 0 heterocycles. The van der Waals surface area contributed by atoms with Gasteiger partial charge in [0, 0.05) is 19.5 Å². The van der Waals surface area contributed by atoms with Gasteiger partial charge in [-0.2, -0.15) is 4.31 Å². The van der Waals surface area contributed by atoms with Gasteiger partial charge in [-0.25, -0.2) is 8.42 Å². The lowest BCUT2D eigenvalue weighted by Crippen LogP contribution is -2.30. The van der Waals surface area contributed by atoms with Crippen LogP contribution in [0.15, 0.2) is 47.4 Å². The van der Waals surface area contributed by atoms with Crippen LogP contribution >= 0.6 is 0 Å². The number of hydrogen-bond donors (Lipinski definition) is 1. The highest BCUT2D eigenvalue weighted by atomic mass is 32.2. The van der Waals surface area contributed by atoms with Crippen molar-refractivity contribution in [1.29, 1.82) is 0 Å². The molecule has 0 aliphatic rings. The molecule has 0 fully saturated rings. The van der Waals surface area contributed by atoms with Crippen molar-refractivity contribution in [2.24, 2.45) is 0 Å². The summed E-state index contributed by atoms with van der Waals surface area (Å²) < 4.78 is 38.4. The number of nitrogens with zero attached hydrogens (tertiary/aromatic N) is 1. The Labute approximate surface area is 191 Å². The molecule has 1 N–H and O–H groups in total. The zero-order chi connectivity index (χ0) is 23.6. The van der Waals surface area contributed by atoms with Gasteiger partial charge in [0.1, 0.15) is 11.5 Å². The summed E-state index contributed by atoms with van der Waals surface area (Å²) in [5, 5.41) is 2.81. The number of anilines is 1. The number of rotatable bonds is 13. The first kappa shape index (κ1) is 25.7. The van der Waals surface area contributed by atoms with E-state index in [0.717, 1.165) is 17.7 Å². The minimum absolute atomic E-state index is 0.131. The average Bonchev–Trinajstić information content (AvgIpc) is 2.75. The quantitative estimate of drug-likeness (QED) is 0.439. The Kier molecular flexibility index (Phi) is 9.99. The molecule has 0 unspecified atom stereocenters. The number of aryl methyl sites for hydroxylation is 1. The lowest BCUT2D eigenvalue weighted by Gasteiger charge is -2.20. The molecule has 0 radical (unpaired) electrons. The zero-order valence-corrected chi connectivity index (χ0v) is 20.2. The summed E-state index contributed by atoms with van der Waals surface area (Å²) in [4.78, 5) is 12.6. The van der Waals surface area contributed by atoms with Gasteiger partial charge in [-0.15, -0.1) is 0 Å². The number of ether oxygens (including phenoxy) is 2. The topological polar surface area (TPSA) is 84.9 Å². The van der Waals surface area contributed by atoms with Gasteiger partial charge >= 0.3 is 0 Å². The van der Waals surface area contributed by atoms with Crippen molar-refractivity contribution in [2.45, 2.75) is 51.9 Å². The normalized spacial score (nSPS) is 11.4. The zero-order valence-electron chi connectivity index (χ0n) is 19.4. The summed E-state index contributed by atoms with van der Waals surface area (Å²) in [7, 11) is -3.64. The van der Waals surface area contributed by atoms with Gasteiger partial charge in [-0.1, -0.05) is 26.0 Å². The summed E-state index contributed by atoms with van der Waals surface area (Å²) in [6, 6.07) is 12.4. The van der Waals surface area contributed by atoms with E-state index in [-0.39, 0.29) is 10.8 Å². The third kappa shape index (κ3) is 7.24. The maximum absolute atomic E-state index is 12.8. The molecule has 176 valence electrons. The van der Waals surface area contributed by atoms with Gasteiger partial charge in [-0.3, -0.25) is 4.79 Å². The first-order valence-electron chi connectivity index (χ1n) is 11.1. The number of unbranched alkanes of at least 4 members (excludes halogenated alkanes) is 1. The van der Waals surface area contributed by atoms with Crippen LogP contribution in [0.4, 0.5) is 5.69 Å². The molecule has 0 aromatic heterocycles. The average molecular weight is 463 g/mol. The molecule has 32 heavy (non-hydrogen) atoms. The van der Waals surface area contributed by atoms with Crippen LogP contribution in [0.2, 0.25) is 0 Å². The molecule has 7 nitrogen and oxygen atoms in total. The predicted molar refractivity (Wildman–Crippen MR) is 127 cm³/mol. The van der Waals surface area contributed by atoms with Crippen LogP contribution in [-0.2, 0) is 14.8 Å². The molecule has 0 saturated heterocycles. The van der Waals surface area contributed by atoms with Crippen molar-refractivity contribution in [2.75, 3.05) is 31.6 Å². The number of carbonyl (C=O) groups is 1. The van der Waals surface area contributed by atoms with Crippen LogP contribution in [0.25, 0.3) is 0 Å². The molecule has 8 heteroatoms. The lowest BCUT2D eigenvalue weighted by molar-refractivity contribution is -0.116. The summed E-state index contributed by atoms with van der Waals surface area (Å²) in [6.45, 7) is 9.11. The second-order valence-electron chi connectivity index (χ2n) is 7.35. The first-order valence-corrected chi connectivity index (χ1v) is 12.5. The Morgan fingerprint density at radius 2 is 1.75 bits per heavy atom. The van der Waals surface area contributed by atoms with Crippen LogP contribution in [0.3, 0.4) is 0 Å². The Morgan fingerprint density at radius 1 is 1.00 bits per heavy atom. The maximum atomic E-state index is 12.8. The molecule has 2 aromatic carbocycles. The predicted octanol–water partition coefficient (Wildman–Crippen LogP) is 4.61. The van der Waals surface area contributed by atoms with E-state index in [1.807, 2.05) is 38.1 Å². The number of amides is 1. The van der Waals surface area contributed by atoms with Crippen molar-refractivity contribution < 1.29 is 22.7 Å². The van der Waals surface area contributed by atoms with Gasteiger partial charge < -0.3 is 14.8 Å². The van der Waals surface area contributed by atoms with Crippen molar-refractivity contribution in [3.63, 3.8) is 0 Å². The standard InChI is InChI=1S/C24H34N2O5S/c1-5-26(6-2)32(28,29)21-14-15-23(30-7-3)22(18-21)25-24(27)13-8-9-16-31-20-12-10-11-19(4)17-20/h10-12,14-15,17-18H,5-9,13,16H2,1-4H3,(H,25,27). The Balaban J connectivity index is 1.97. The van der Waals surface area contributed by atoms with Gasteiger partial charge in [0.25, 0.3) is 0 Å². The molecular formula is C24H34N2O5S. The highest BCUT2D eigenvalue weighted by Gasteiger charge is 2.23. The molecule has 2 aromatic rings. The van der Waals surface area contributed by atoms with E-state index in [1.165, 1.54) is 16.4 Å². The summed E-state index contributed by atoms with van der Waals surface area (Å²) >= 11 is 0. The highest BCUT2D eigenvalue weighted by molar-refractivity contribution is 7.89. The van der Waals surface area contributed by atoms with Crippen LogP contribution < -0.4 is 14.8 Å². The molecule has 0 spiro atoms. The van der Waals surface area contributed by atoms with E-state index < -0.39 is 10.0 Å². The minimum Gasteiger partial charge on any atom is -0.494 e. The van der Waals surface area contributed by atoms with E-state index in [4.69, 9.17) is 9.47 Å². The number of sulfonamides is 1. The van der Waals surface area contributed by atoms with Gasteiger partial charge in [0.05, 0.1) is 23.8 Å². The van der Waals surface area contributed by atoms with Crippen LogP contribution in [0, 0.1) is 6.92 Å². The molecular weight excluding hydrogens is 428 g/mol. The molecule has 0 aliphatic heterocycles. The fourth-order valence-electron chi connectivity index (χ4n) is 3.26. The van der Waals surface area contributed by atoms with Gasteiger partial charge in [0.15, 0.2) is 0 Å². The van der Waals surface area contributed by atoms with E-state index >= 15 is 0 Å². The summed E-state index contributed by atoms with van der Waals surface area (Å²) in [5.41, 5.74) is 1.50. The summed E-state index contributed by atoms with van der Waals surface area (Å²) in [6.07, 6.45) is 1.69. The third-order valence-electron chi connectivity index (χ3n) is 4.92. The SMILES string of the molecule is CCOc1ccc(S(=O)(=O)N(CC)CC)cc1NC(=O)CCCCOc1cccc(C)c1. The fraction of sp³-hybridized carbons (Fsp3) is 0.458. The molecule has 0 aliphatic carbocycles. The third-order valence-corrected chi connectivity index (χ3v) is 6.97. The Hall–Kier alpha value is -2.58. The van der Waals surface area contributed by atoms with Crippen LogP contribution in [0.1, 0.15) is 45.6 Å². The minimum atomic E-state index is -3.64. The fourth-order valence-corrected chi connectivity index (χ4v) is 4.74. The van der Waals surface area contributed by atoms with Crippen molar-refractivity contribution >= 4 is 21.6 Å². The van der Waals surface area contributed by atoms with E-state index in [0.29, 0.717) is 50.6 Å². The smallest absolute Gasteiger partial charge is 0.243 e. The van der Waals surface area contributed by atoms with Crippen molar-refractivity contribution in [3.8, 4) is 11.5 Å². The molecule has 0 atom stereocenters. The highest BCUT2D eigenvalue weighted by Crippen LogP contribution is 2.29. The molecule has 0 saturated carbocycles. The number of carbonyl (C=O) groups excluding carboxylic acids is 1. The van der Waals surface area contributed by atoms with Crippen molar-refractivity contribution in [1.82, 2.24) is 4.31 Å². The molecule has 2 rings (SSSR count). The number of hydrogen-bond acceptors (Lipinski definition) is 5. The maximum Gasteiger partial charge on any atom is 0.243 e. The Bertz CT molecular complexity index is 988. The van der Waals surface area contributed by atoms with E-state index in [1.54, 1.807) is 19.9 Å². The molecule has 1 amide bonds. The van der Waals surface area contributed by atoms with E-state index in [2.05, 4.69) is 5.32 Å². The van der Waals surface area contributed by atoms with E-state index in [9.17, 15) is 13.2 Å². The number of benzene rings is 2. The van der Waals surface area contributed by atoms with Crippen molar-refractivity contribution in [3.05, 3.63) is 48.0 Å². The molecule has 0 bridgehead atoms. The second-order valence-corrected chi connectivity index (χ2v) is 9.29. The van der Waals surface area contributed by atoms with Crippen LogP contribution in [-0.4, -0.2) is 44.9 Å². The Morgan fingerprint density at radius 3 is 2.41 bits per heavy atom. The monoisotopic (exact) mass is 462 g/mol. The second kappa shape index (κ2) is 12.5. The number of nitrogens with one attached hydrogen (secondary N) is 1. The lowest BCUT2D eigenvalue weighted by atomic mass is 10.2. The first-order chi connectivity index (χ1) is 15.3.